The average Bonchev–Trinajstić information content (AvgIpc) is 2.98. The monoisotopic (exact) mass is 278 g/mol. The highest BCUT2D eigenvalue weighted by molar-refractivity contribution is 7.16. The quantitative estimate of drug-likeness (QED) is 0.889. The molecule has 0 atom stereocenters. The first-order chi connectivity index (χ1) is 8.67. The Morgan fingerprint density at radius 3 is 2.67 bits per heavy atom. The number of thiophene rings is 1. The van der Waals surface area contributed by atoms with Gasteiger partial charge in [-0.1, -0.05) is 19.3 Å². The van der Waals surface area contributed by atoms with Crippen LogP contribution in [0.4, 0.5) is 0 Å². The summed E-state index contributed by atoms with van der Waals surface area (Å²) in [7, 11) is 0. The minimum atomic E-state index is -0.159. The molecule has 96 valence electrons. The van der Waals surface area contributed by atoms with Gasteiger partial charge in [0.2, 0.25) is 0 Å². The van der Waals surface area contributed by atoms with Gasteiger partial charge in [0.05, 0.1) is 16.1 Å². The molecule has 0 aliphatic heterocycles. The van der Waals surface area contributed by atoms with E-state index in [1.54, 1.807) is 22.7 Å². The molecule has 2 aromatic rings. The first-order valence-corrected chi connectivity index (χ1v) is 8.19. The lowest BCUT2D eigenvalue weighted by Gasteiger charge is -2.31. The summed E-state index contributed by atoms with van der Waals surface area (Å²) >= 11 is 3.53. The van der Waals surface area contributed by atoms with Crippen LogP contribution in [0.3, 0.4) is 0 Å². The molecule has 2 heterocycles. The summed E-state index contributed by atoms with van der Waals surface area (Å²) in [6.07, 6.45) is 5.97. The summed E-state index contributed by atoms with van der Waals surface area (Å²) in [4.78, 5) is 7.38. The summed E-state index contributed by atoms with van der Waals surface area (Å²) in [6.45, 7) is 2.13. The van der Waals surface area contributed by atoms with Gasteiger partial charge in [-0.15, -0.1) is 22.7 Å². The summed E-state index contributed by atoms with van der Waals surface area (Å²) in [5, 5.41) is 3.28. The van der Waals surface area contributed by atoms with Crippen LogP contribution in [0.5, 0.6) is 0 Å². The van der Waals surface area contributed by atoms with Crippen LogP contribution in [0.2, 0.25) is 0 Å². The average molecular weight is 278 g/mol. The fourth-order valence-corrected chi connectivity index (χ4v) is 4.48. The number of hydrogen-bond donors (Lipinski definition) is 1. The van der Waals surface area contributed by atoms with Crippen molar-refractivity contribution in [2.75, 3.05) is 0 Å². The number of hydrogen-bond acceptors (Lipinski definition) is 4. The molecular formula is C14H18N2S2. The third-order valence-corrected chi connectivity index (χ3v) is 5.75. The van der Waals surface area contributed by atoms with Gasteiger partial charge in [-0.25, -0.2) is 4.98 Å². The number of rotatable bonds is 2. The zero-order valence-corrected chi connectivity index (χ0v) is 12.2. The molecule has 0 amide bonds. The van der Waals surface area contributed by atoms with E-state index in [4.69, 9.17) is 10.7 Å². The van der Waals surface area contributed by atoms with E-state index in [2.05, 4.69) is 24.4 Å². The first kappa shape index (κ1) is 12.3. The number of aromatic nitrogens is 1. The highest BCUT2D eigenvalue weighted by Crippen LogP contribution is 2.38. The van der Waals surface area contributed by atoms with Gasteiger partial charge in [0, 0.05) is 10.3 Å². The molecule has 1 aliphatic rings. The molecular weight excluding hydrogens is 260 g/mol. The standard InChI is InChI=1S/C14H18N2S2/c1-10-5-6-12(18-10)11-9-17-13(16-11)14(15)7-3-2-4-8-14/h5-6,9H,2-4,7-8,15H2,1H3. The fourth-order valence-electron chi connectivity index (χ4n) is 2.58. The normalized spacial score (nSPS) is 19.0. The van der Waals surface area contributed by atoms with Gasteiger partial charge in [-0.05, 0) is 31.9 Å². The van der Waals surface area contributed by atoms with Crippen molar-refractivity contribution in [1.29, 1.82) is 0 Å². The first-order valence-electron chi connectivity index (χ1n) is 6.49. The largest absolute Gasteiger partial charge is 0.319 e. The van der Waals surface area contributed by atoms with E-state index in [0.29, 0.717) is 0 Å². The van der Waals surface area contributed by atoms with Gasteiger partial charge in [0.25, 0.3) is 0 Å². The minimum Gasteiger partial charge on any atom is -0.319 e. The highest BCUT2D eigenvalue weighted by atomic mass is 32.1. The summed E-state index contributed by atoms with van der Waals surface area (Å²) in [5.41, 5.74) is 7.47. The van der Waals surface area contributed by atoms with E-state index in [1.807, 2.05) is 0 Å². The van der Waals surface area contributed by atoms with Crippen LogP contribution in [0, 0.1) is 6.92 Å². The van der Waals surface area contributed by atoms with E-state index in [9.17, 15) is 0 Å². The molecule has 0 bridgehead atoms. The smallest absolute Gasteiger partial charge is 0.113 e. The molecule has 2 aromatic heterocycles. The zero-order chi connectivity index (χ0) is 12.6. The molecule has 0 spiro atoms. The van der Waals surface area contributed by atoms with Crippen LogP contribution in [-0.4, -0.2) is 4.98 Å². The molecule has 3 rings (SSSR count). The molecule has 0 aromatic carbocycles. The minimum absolute atomic E-state index is 0.159. The van der Waals surface area contributed by atoms with Gasteiger partial charge in [0.15, 0.2) is 0 Å². The van der Waals surface area contributed by atoms with E-state index in [-0.39, 0.29) is 5.54 Å². The number of thiazole rings is 1. The van der Waals surface area contributed by atoms with E-state index < -0.39 is 0 Å². The number of nitrogens with zero attached hydrogens (tertiary/aromatic N) is 1. The Labute approximate surface area is 116 Å². The maximum atomic E-state index is 6.53. The number of aryl methyl sites for hydroxylation is 1. The molecule has 1 fully saturated rings. The Morgan fingerprint density at radius 2 is 2.00 bits per heavy atom. The number of nitrogens with two attached hydrogens (primary N) is 1. The lowest BCUT2D eigenvalue weighted by molar-refractivity contribution is 0.301. The van der Waals surface area contributed by atoms with Gasteiger partial charge < -0.3 is 5.73 Å². The second-order valence-electron chi connectivity index (χ2n) is 5.16. The Kier molecular flexibility index (Phi) is 3.26. The zero-order valence-electron chi connectivity index (χ0n) is 10.6. The Balaban J connectivity index is 1.89. The van der Waals surface area contributed by atoms with Crippen molar-refractivity contribution in [2.24, 2.45) is 5.73 Å². The van der Waals surface area contributed by atoms with Crippen molar-refractivity contribution in [3.8, 4) is 10.6 Å². The highest BCUT2D eigenvalue weighted by Gasteiger charge is 2.32. The molecule has 1 saturated carbocycles. The molecule has 0 saturated heterocycles. The molecule has 18 heavy (non-hydrogen) atoms. The van der Waals surface area contributed by atoms with Crippen molar-refractivity contribution in [3.63, 3.8) is 0 Å². The van der Waals surface area contributed by atoms with Crippen molar-refractivity contribution in [1.82, 2.24) is 4.98 Å². The van der Waals surface area contributed by atoms with Crippen molar-refractivity contribution in [2.45, 2.75) is 44.6 Å². The van der Waals surface area contributed by atoms with Crippen LogP contribution in [0.15, 0.2) is 17.5 Å². The SMILES string of the molecule is Cc1ccc(-c2csc(C3(N)CCCCC3)n2)s1. The lowest BCUT2D eigenvalue weighted by atomic mass is 9.83. The summed E-state index contributed by atoms with van der Waals surface area (Å²) < 4.78 is 0. The molecule has 0 unspecified atom stereocenters. The maximum Gasteiger partial charge on any atom is 0.113 e. The van der Waals surface area contributed by atoms with Gasteiger partial charge in [0.1, 0.15) is 5.01 Å². The lowest BCUT2D eigenvalue weighted by Crippen LogP contribution is -2.38. The van der Waals surface area contributed by atoms with Crippen molar-refractivity contribution in [3.05, 3.63) is 27.4 Å². The molecule has 1 aliphatic carbocycles. The van der Waals surface area contributed by atoms with Crippen molar-refractivity contribution >= 4 is 22.7 Å². The second kappa shape index (κ2) is 4.76. The Bertz CT molecular complexity index is 535. The van der Waals surface area contributed by atoms with Crippen LogP contribution in [-0.2, 0) is 5.54 Å². The third-order valence-electron chi connectivity index (χ3n) is 3.67. The van der Waals surface area contributed by atoms with E-state index >= 15 is 0 Å². The van der Waals surface area contributed by atoms with Crippen LogP contribution in [0.1, 0.15) is 42.0 Å². The Hall–Kier alpha value is -0.710. The van der Waals surface area contributed by atoms with Crippen LogP contribution >= 0.6 is 22.7 Å². The molecule has 4 heteroatoms. The van der Waals surface area contributed by atoms with E-state index in [0.717, 1.165) is 23.5 Å². The second-order valence-corrected chi connectivity index (χ2v) is 7.31. The van der Waals surface area contributed by atoms with Gasteiger partial charge >= 0.3 is 0 Å². The van der Waals surface area contributed by atoms with Crippen molar-refractivity contribution < 1.29 is 0 Å². The molecule has 2 nitrogen and oxygen atoms in total. The fraction of sp³-hybridized carbons (Fsp3) is 0.500. The summed E-state index contributed by atoms with van der Waals surface area (Å²) in [6, 6.07) is 4.31. The van der Waals surface area contributed by atoms with Gasteiger partial charge in [-0.2, -0.15) is 0 Å². The maximum absolute atomic E-state index is 6.53. The summed E-state index contributed by atoms with van der Waals surface area (Å²) in [5.74, 6) is 0. The predicted octanol–water partition coefficient (Wildman–Crippen LogP) is 4.30. The van der Waals surface area contributed by atoms with E-state index in [1.165, 1.54) is 29.0 Å². The predicted molar refractivity (Wildman–Crippen MR) is 79.1 cm³/mol. The van der Waals surface area contributed by atoms with Gasteiger partial charge in [-0.3, -0.25) is 0 Å². The molecule has 2 N–H and O–H groups in total. The van der Waals surface area contributed by atoms with Crippen LogP contribution < -0.4 is 5.73 Å². The van der Waals surface area contributed by atoms with Crippen LogP contribution in [0.25, 0.3) is 10.6 Å². The topological polar surface area (TPSA) is 38.9 Å². The third kappa shape index (κ3) is 2.25. The molecule has 0 radical (unpaired) electrons. The Morgan fingerprint density at radius 1 is 1.22 bits per heavy atom.